The summed E-state index contributed by atoms with van der Waals surface area (Å²) in [6.07, 6.45) is 0.288. The first-order valence-corrected chi connectivity index (χ1v) is 10.4. The maximum absolute atomic E-state index is 12.5. The Morgan fingerprint density at radius 3 is 2.35 bits per heavy atom. The summed E-state index contributed by atoms with van der Waals surface area (Å²) in [5, 5.41) is 6.58. The third-order valence-electron chi connectivity index (χ3n) is 5.30. The lowest BCUT2D eigenvalue weighted by molar-refractivity contribution is -0.131. The van der Waals surface area contributed by atoms with Crippen molar-refractivity contribution in [1.82, 2.24) is 20.4 Å². The fourth-order valence-corrected chi connectivity index (χ4v) is 3.57. The molecule has 1 N–H and O–H groups in total. The van der Waals surface area contributed by atoms with Gasteiger partial charge in [-0.05, 0) is 43.3 Å². The predicted molar refractivity (Wildman–Crippen MR) is 117 cm³/mol. The molecule has 160 valence electrons. The fourth-order valence-electron chi connectivity index (χ4n) is 3.57. The number of nitrogens with zero attached hydrogens (tertiary/aromatic N) is 4. The van der Waals surface area contributed by atoms with Crippen molar-refractivity contribution in [2.45, 2.75) is 13.3 Å². The Morgan fingerprint density at radius 1 is 1.00 bits per heavy atom. The van der Waals surface area contributed by atoms with Gasteiger partial charge in [-0.3, -0.25) is 9.59 Å². The third-order valence-corrected chi connectivity index (χ3v) is 5.30. The van der Waals surface area contributed by atoms with Crippen molar-refractivity contribution >= 4 is 17.5 Å². The van der Waals surface area contributed by atoms with Crippen molar-refractivity contribution in [3.8, 4) is 11.5 Å². The molecule has 0 saturated carbocycles. The standard InChI is InChI=1S/C23H25N5O3/c1-17-25-23(31-26-17)19-9-7-18(8-10-19)22(30)24-12-11-21(29)28-15-13-27(14-16-28)20-5-3-2-4-6-20/h2-10H,11-16H2,1H3,(H,24,30). The van der Waals surface area contributed by atoms with Crippen LogP contribution in [0.2, 0.25) is 0 Å². The Balaban J connectivity index is 1.21. The van der Waals surface area contributed by atoms with Gasteiger partial charge in [-0.1, -0.05) is 23.4 Å². The van der Waals surface area contributed by atoms with Gasteiger partial charge in [-0.25, -0.2) is 0 Å². The fraction of sp³-hybridized carbons (Fsp3) is 0.304. The van der Waals surface area contributed by atoms with Gasteiger partial charge in [0.05, 0.1) is 0 Å². The number of amides is 2. The average Bonchev–Trinajstić information content (AvgIpc) is 3.26. The highest BCUT2D eigenvalue weighted by atomic mass is 16.5. The zero-order valence-electron chi connectivity index (χ0n) is 17.5. The van der Waals surface area contributed by atoms with Crippen LogP contribution < -0.4 is 10.2 Å². The number of carbonyl (C=O) groups excluding carboxylic acids is 2. The topological polar surface area (TPSA) is 91.6 Å². The molecule has 2 amide bonds. The van der Waals surface area contributed by atoms with E-state index in [1.54, 1.807) is 31.2 Å². The van der Waals surface area contributed by atoms with Gasteiger partial charge in [0.15, 0.2) is 5.82 Å². The number of carbonyl (C=O) groups is 2. The number of benzene rings is 2. The summed E-state index contributed by atoms with van der Waals surface area (Å²) in [4.78, 5) is 33.2. The molecule has 0 unspecified atom stereocenters. The summed E-state index contributed by atoms with van der Waals surface area (Å²) in [5.41, 5.74) is 2.45. The molecule has 1 aliphatic heterocycles. The van der Waals surface area contributed by atoms with Gasteiger partial charge < -0.3 is 19.6 Å². The Kier molecular flexibility index (Phi) is 6.26. The summed E-state index contributed by atoms with van der Waals surface area (Å²) in [7, 11) is 0. The van der Waals surface area contributed by atoms with E-state index in [9.17, 15) is 9.59 Å². The van der Waals surface area contributed by atoms with E-state index in [1.165, 1.54) is 5.69 Å². The van der Waals surface area contributed by atoms with Crippen LogP contribution in [0.25, 0.3) is 11.5 Å². The minimum absolute atomic E-state index is 0.0649. The molecule has 31 heavy (non-hydrogen) atoms. The highest BCUT2D eigenvalue weighted by Crippen LogP contribution is 2.18. The Morgan fingerprint density at radius 2 is 1.71 bits per heavy atom. The van der Waals surface area contributed by atoms with Crippen LogP contribution in [0.3, 0.4) is 0 Å². The molecule has 2 aromatic carbocycles. The van der Waals surface area contributed by atoms with Crippen LogP contribution in [-0.2, 0) is 4.79 Å². The second-order valence-electron chi connectivity index (χ2n) is 7.43. The van der Waals surface area contributed by atoms with Crippen LogP contribution in [0.4, 0.5) is 5.69 Å². The van der Waals surface area contributed by atoms with Crippen molar-refractivity contribution in [1.29, 1.82) is 0 Å². The molecule has 1 aromatic heterocycles. The maximum Gasteiger partial charge on any atom is 0.257 e. The van der Waals surface area contributed by atoms with E-state index in [2.05, 4.69) is 32.5 Å². The molecular formula is C23H25N5O3. The number of nitrogens with one attached hydrogen (secondary N) is 1. The van der Waals surface area contributed by atoms with E-state index >= 15 is 0 Å². The summed E-state index contributed by atoms with van der Waals surface area (Å²) < 4.78 is 5.12. The molecule has 1 fully saturated rings. The Labute approximate surface area is 180 Å². The van der Waals surface area contributed by atoms with E-state index in [4.69, 9.17) is 4.52 Å². The molecule has 0 atom stereocenters. The zero-order valence-corrected chi connectivity index (χ0v) is 17.5. The number of anilines is 1. The largest absolute Gasteiger partial charge is 0.368 e. The quantitative estimate of drug-likeness (QED) is 0.660. The van der Waals surface area contributed by atoms with Crippen molar-refractivity contribution in [2.75, 3.05) is 37.6 Å². The number of hydrogen-bond donors (Lipinski definition) is 1. The average molecular weight is 419 g/mol. The second-order valence-corrected chi connectivity index (χ2v) is 7.43. The number of hydrogen-bond acceptors (Lipinski definition) is 6. The van der Waals surface area contributed by atoms with E-state index in [0.717, 1.165) is 18.7 Å². The van der Waals surface area contributed by atoms with Crippen LogP contribution in [0, 0.1) is 6.92 Å². The summed E-state index contributed by atoms with van der Waals surface area (Å²) in [6.45, 7) is 5.07. The van der Waals surface area contributed by atoms with Crippen molar-refractivity contribution in [2.24, 2.45) is 0 Å². The smallest absolute Gasteiger partial charge is 0.257 e. The summed E-state index contributed by atoms with van der Waals surface area (Å²) >= 11 is 0. The van der Waals surface area contributed by atoms with Crippen molar-refractivity contribution < 1.29 is 14.1 Å². The van der Waals surface area contributed by atoms with Crippen LogP contribution >= 0.6 is 0 Å². The zero-order chi connectivity index (χ0) is 21.6. The van der Waals surface area contributed by atoms with Gasteiger partial charge in [-0.2, -0.15) is 4.98 Å². The summed E-state index contributed by atoms with van der Waals surface area (Å²) in [5.74, 6) is 0.829. The number of aryl methyl sites for hydroxylation is 1. The molecule has 2 heterocycles. The molecule has 0 aliphatic carbocycles. The van der Waals surface area contributed by atoms with Crippen LogP contribution in [0.1, 0.15) is 22.6 Å². The first-order chi connectivity index (χ1) is 15.1. The Hall–Kier alpha value is -3.68. The van der Waals surface area contributed by atoms with Gasteiger partial charge in [-0.15, -0.1) is 0 Å². The van der Waals surface area contributed by atoms with Crippen molar-refractivity contribution in [3.63, 3.8) is 0 Å². The van der Waals surface area contributed by atoms with Crippen LogP contribution in [0.15, 0.2) is 59.1 Å². The van der Waals surface area contributed by atoms with Gasteiger partial charge in [0.1, 0.15) is 0 Å². The molecule has 4 rings (SSSR count). The molecular weight excluding hydrogens is 394 g/mol. The summed E-state index contributed by atoms with van der Waals surface area (Å²) in [6, 6.07) is 17.2. The lowest BCUT2D eigenvalue weighted by Crippen LogP contribution is -2.49. The molecule has 0 spiro atoms. The van der Waals surface area contributed by atoms with E-state index in [1.807, 2.05) is 23.1 Å². The third kappa shape index (κ3) is 5.09. The number of aromatic nitrogens is 2. The molecule has 0 radical (unpaired) electrons. The number of piperazine rings is 1. The molecule has 3 aromatic rings. The van der Waals surface area contributed by atoms with Gasteiger partial charge in [0.2, 0.25) is 5.91 Å². The highest BCUT2D eigenvalue weighted by molar-refractivity contribution is 5.94. The van der Waals surface area contributed by atoms with E-state index < -0.39 is 0 Å². The second kappa shape index (κ2) is 9.42. The molecule has 1 aliphatic rings. The first-order valence-electron chi connectivity index (χ1n) is 10.4. The highest BCUT2D eigenvalue weighted by Gasteiger charge is 2.21. The van der Waals surface area contributed by atoms with Crippen molar-refractivity contribution in [3.05, 3.63) is 66.0 Å². The normalized spacial score (nSPS) is 13.8. The first kappa shape index (κ1) is 20.6. The molecule has 8 heteroatoms. The lowest BCUT2D eigenvalue weighted by Gasteiger charge is -2.36. The minimum atomic E-state index is -0.213. The lowest BCUT2D eigenvalue weighted by atomic mass is 10.1. The van der Waals surface area contributed by atoms with E-state index in [0.29, 0.717) is 36.9 Å². The Bertz CT molecular complexity index is 1020. The molecule has 1 saturated heterocycles. The van der Waals surface area contributed by atoms with Gasteiger partial charge in [0, 0.05) is 56.0 Å². The molecule has 0 bridgehead atoms. The SMILES string of the molecule is Cc1noc(-c2ccc(C(=O)NCCC(=O)N3CCN(c4ccccc4)CC3)cc2)n1. The van der Waals surface area contributed by atoms with Gasteiger partial charge in [0.25, 0.3) is 11.8 Å². The number of para-hydroxylation sites is 1. The van der Waals surface area contributed by atoms with E-state index in [-0.39, 0.29) is 18.2 Å². The maximum atomic E-state index is 12.5. The monoisotopic (exact) mass is 419 g/mol. The van der Waals surface area contributed by atoms with Crippen LogP contribution in [-0.4, -0.2) is 59.6 Å². The minimum Gasteiger partial charge on any atom is -0.368 e. The molecule has 8 nitrogen and oxygen atoms in total. The van der Waals surface area contributed by atoms with Gasteiger partial charge >= 0.3 is 0 Å². The predicted octanol–water partition coefficient (Wildman–Crippen LogP) is 2.51. The number of rotatable bonds is 6. The van der Waals surface area contributed by atoms with Crippen LogP contribution in [0.5, 0.6) is 0 Å².